The van der Waals surface area contributed by atoms with Crippen LogP contribution in [0, 0.1) is 0 Å². The number of hydrogen-bond donors (Lipinski definition) is 1. The standard InChI is InChI=1S/C16H23Cl2N3O3S/c1-11(2)19-16(22)12(3)20-7-9-21(10-8-20)25(23,24)15-13(17)5-4-6-14(15)18/h4-6,11-12H,7-10H2,1-3H3,(H,19,22). The van der Waals surface area contributed by atoms with Gasteiger partial charge in [-0.1, -0.05) is 29.3 Å². The van der Waals surface area contributed by atoms with Crippen molar-refractivity contribution in [3.05, 3.63) is 28.2 Å². The van der Waals surface area contributed by atoms with E-state index in [0.29, 0.717) is 13.1 Å². The van der Waals surface area contributed by atoms with Crippen molar-refractivity contribution < 1.29 is 13.2 Å². The summed E-state index contributed by atoms with van der Waals surface area (Å²) in [6.07, 6.45) is 0. The maximum Gasteiger partial charge on any atom is 0.246 e. The summed E-state index contributed by atoms with van der Waals surface area (Å²) in [6, 6.07) is 4.38. The first kappa shape index (κ1) is 20.5. The molecule has 0 aliphatic carbocycles. The summed E-state index contributed by atoms with van der Waals surface area (Å²) in [7, 11) is -3.77. The molecular weight excluding hydrogens is 385 g/mol. The number of halogens is 2. The van der Waals surface area contributed by atoms with E-state index in [-0.39, 0.29) is 46.0 Å². The average molecular weight is 408 g/mol. The Morgan fingerprint density at radius 2 is 1.60 bits per heavy atom. The molecule has 0 radical (unpaired) electrons. The van der Waals surface area contributed by atoms with Crippen LogP contribution >= 0.6 is 23.2 Å². The number of nitrogens with one attached hydrogen (secondary N) is 1. The largest absolute Gasteiger partial charge is 0.353 e. The van der Waals surface area contributed by atoms with Crippen molar-refractivity contribution >= 4 is 39.1 Å². The van der Waals surface area contributed by atoms with Gasteiger partial charge < -0.3 is 5.32 Å². The third-order valence-corrected chi connectivity index (χ3v) is 7.00. The average Bonchev–Trinajstić information content (AvgIpc) is 2.53. The highest BCUT2D eigenvalue weighted by molar-refractivity contribution is 7.89. The van der Waals surface area contributed by atoms with Crippen molar-refractivity contribution in [2.24, 2.45) is 0 Å². The number of piperazine rings is 1. The summed E-state index contributed by atoms with van der Waals surface area (Å²) in [4.78, 5) is 14.0. The van der Waals surface area contributed by atoms with Gasteiger partial charge >= 0.3 is 0 Å². The van der Waals surface area contributed by atoms with Crippen molar-refractivity contribution in [2.45, 2.75) is 37.8 Å². The molecule has 1 aliphatic heterocycles. The van der Waals surface area contributed by atoms with Gasteiger partial charge in [0.25, 0.3) is 0 Å². The summed E-state index contributed by atoms with van der Waals surface area (Å²) in [6.45, 7) is 7.13. The molecule has 1 N–H and O–H groups in total. The lowest BCUT2D eigenvalue weighted by Crippen LogP contribution is -2.55. The fourth-order valence-corrected chi connectivity index (χ4v) is 5.27. The lowest BCUT2D eigenvalue weighted by atomic mass is 10.2. The zero-order valence-corrected chi connectivity index (χ0v) is 16.8. The van der Waals surface area contributed by atoms with Crippen molar-refractivity contribution in [3.63, 3.8) is 0 Å². The van der Waals surface area contributed by atoms with Gasteiger partial charge in [-0.2, -0.15) is 4.31 Å². The van der Waals surface area contributed by atoms with E-state index in [1.807, 2.05) is 25.7 Å². The molecule has 1 aromatic carbocycles. The first-order valence-electron chi connectivity index (χ1n) is 8.13. The topological polar surface area (TPSA) is 69.7 Å². The van der Waals surface area contributed by atoms with Crippen LogP contribution in [-0.2, 0) is 14.8 Å². The number of sulfonamides is 1. The number of carbonyl (C=O) groups excluding carboxylic acids is 1. The molecule has 1 saturated heterocycles. The van der Waals surface area contributed by atoms with E-state index in [1.165, 1.54) is 16.4 Å². The molecule has 1 heterocycles. The van der Waals surface area contributed by atoms with E-state index >= 15 is 0 Å². The molecule has 9 heteroatoms. The van der Waals surface area contributed by atoms with Crippen molar-refractivity contribution in [1.29, 1.82) is 0 Å². The van der Waals surface area contributed by atoms with E-state index < -0.39 is 10.0 Å². The minimum Gasteiger partial charge on any atom is -0.353 e. The fraction of sp³-hybridized carbons (Fsp3) is 0.562. The molecule has 0 aromatic heterocycles. The normalized spacial score (nSPS) is 18.3. The Labute approximate surface area is 159 Å². The monoisotopic (exact) mass is 407 g/mol. The van der Waals surface area contributed by atoms with Gasteiger partial charge in [0.2, 0.25) is 15.9 Å². The summed E-state index contributed by atoms with van der Waals surface area (Å²) < 4.78 is 27.1. The highest BCUT2D eigenvalue weighted by Crippen LogP contribution is 2.31. The van der Waals surface area contributed by atoms with Crippen LogP contribution in [0.1, 0.15) is 20.8 Å². The Balaban J connectivity index is 2.08. The van der Waals surface area contributed by atoms with Gasteiger partial charge in [0.1, 0.15) is 4.90 Å². The number of amides is 1. The highest BCUT2D eigenvalue weighted by Gasteiger charge is 2.34. The highest BCUT2D eigenvalue weighted by atomic mass is 35.5. The molecule has 0 saturated carbocycles. The van der Waals surface area contributed by atoms with Crippen LogP contribution in [0.15, 0.2) is 23.1 Å². The molecule has 1 fully saturated rings. The Morgan fingerprint density at radius 1 is 1.08 bits per heavy atom. The minimum atomic E-state index is -3.77. The number of benzene rings is 1. The maximum absolute atomic E-state index is 12.8. The SMILES string of the molecule is CC(C)NC(=O)C(C)N1CCN(S(=O)(=O)c2c(Cl)cccc2Cl)CC1. The van der Waals surface area contributed by atoms with Crippen LogP contribution in [0.5, 0.6) is 0 Å². The van der Waals surface area contributed by atoms with Gasteiger partial charge in [-0.25, -0.2) is 8.42 Å². The summed E-state index contributed by atoms with van der Waals surface area (Å²) in [5.74, 6) is -0.0551. The van der Waals surface area contributed by atoms with Crippen molar-refractivity contribution in [2.75, 3.05) is 26.2 Å². The van der Waals surface area contributed by atoms with E-state index in [0.717, 1.165) is 0 Å². The van der Waals surface area contributed by atoms with Crippen LogP contribution < -0.4 is 5.32 Å². The molecule has 25 heavy (non-hydrogen) atoms. The van der Waals surface area contributed by atoms with Crippen LogP contribution in [0.3, 0.4) is 0 Å². The van der Waals surface area contributed by atoms with Gasteiger partial charge in [-0.05, 0) is 32.9 Å². The van der Waals surface area contributed by atoms with Crippen molar-refractivity contribution in [1.82, 2.24) is 14.5 Å². The molecule has 140 valence electrons. The number of carbonyl (C=O) groups is 1. The lowest BCUT2D eigenvalue weighted by Gasteiger charge is -2.37. The van der Waals surface area contributed by atoms with Gasteiger partial charge in [-0.15, -0.1) is 0 Å². The van der Waals surface area contributed by atoms with Crippen LogP contribution in [0.4, 0.5) is 0 Å². The summed E-state index contributed by atoms with van der Waals surface area (Å²) in [5, 5.41) is 3.10. The number of rotatable bonds is 5. The molecule has 2 rings (SSSR count). The second-order valence-electron chi connectivity index (χ2n) is 6.33. The first-order chi connectivity index (χ1) is 11.6. The molecule has 1 aromatic rings. The predicted molar refractivity (Wildman–Crippen MR) is 99.5 cm³/mol. The Morgan fingerprint density at radius 3 is 2.08 bits per heavy atom. The smallest absolute Gasteiger partial charge is 0.246 e. The Kier molecular flexibility index (Phi) is 6.73. The molecule has 1 amide bonds. The Bertz CT molecular complexity index is 712. The lowest BCUT2D eigenvalue weighted by molar-refractivity contribution is -0.126. The second-order valence-corrected chi connectivity index (χ2v) is 9.02. The van der Waals surface area contributed by atoms with Gasteiger partial charge in [0, 0.05) is 32.2 Å². The van der Waals surface area contributed by atoms with Gasteiger partial charge in [0.15, 0.2) is 0 Å². The fourth-order valence-electron chi connectivity index (χ4n) is 2.76. The van der Waals surface area contributed by atoms with E-state index in [9.17, 15) is 13.2 Å². The van der Waals surface area contributed by atoms with Crippen molar-refractivity contribution in [3.8, 4) is 0 Å². The van der Waals surface area contributed by atoms with E-state index in [4.69, 9.17) is 23.2 Å². The van der Waals surface area contributed by atoms with Crippen LogP contribution in [0.25, 0.3) is 0 Å². The number of hydrogen-bond acceptors (Lipinski definition) is 4. The summed E-state index contributed by atoms with van der Waals surface area (Å²) >= 11 is 12.1. The van der Waals surface area contributed by atoms with Crippen LogP contribution in [-0.4, -0.2) is 61.8 Å². The maximum atomic E-state index is 12.8. The zero-order chi connectivity index (χ0) is 18.8. The van der Waals surface area contributed by atoms with Gasteiger partial charge in [0.05, 0.1) is 16.1 Å². The minimum absolute atomic E-state index is 0.0551. The molecule has 6 nitrogen and oxygen atoms in total. The third-order valence-electron chi connectivity index (χ3n) is 4.15. The van der Waals surface area contributed by atoms with E-state index in [2.05, 4.69) is 5.32 Å². The van der Waals surface area contributed by atoms with E-state index in [1.54, 1.807) is 6.07 Å². The molecule has 0 bridgehead atoms. The van der Waals surface area contributed by atoms with Crippen LogP contribution in [0.2, 0.25) is 10.0 Å². The molecule has 0 spiro atoms. The molecule has 1 atom stereocenters. The zero-order valence-electron chi connectivity index (χ0n) is 14.5. The predicted octanol–water partition coefficient (Wildman–Crippen LogP) is 2.21. The Hall–Kier alpha value is -0.860. The molecule has 1 aliphatic rings. The molecule has 1 unspecified atom stereocenters. The summed E-state index contributed by atoms with van der Waals surface area (Å²) in [5.41, 5.74) is 0. The quantitative estimate of drug-likeness (QED) is 0.811. The number of nitrogens with zero attached hydrogens (tertiary/aromatic N) is 2. The first-order valence-corrected chi connectivity index (χ1v) is 10.3. The molecular formula is C16H23Cl2N3O3S. The van der Waals surface area contributed by atoms with Gasteiger partial charge in [-0.3, -0.25) is 9.69 Å². The second kappa shape index (κ2) is 8.22. The third kappa shape index (κ3) is 4.65.